The number of aliphatic imine (C=N–C) groups is 1. The first-order chi connectivity index (χ1) is 14.1. The van der Waals surface area contributed by atoms with Crippen molar-refractivity contribution in [3.8, 4) is 0 Å². The fraction of sp³-hybridized carbons (Fsp3) is 0.391. The van der Waals surface area contributed by atoms with Crippen LogP contribution >= 0.6 is 24.0 Å². The molecule has 0 radical (unpaired) electrons. The van der Waals surface area contributed by atoms with Crippen molar-refractivity contribution in [2.75, 3.05) is 20.1 Å². The van der Waals surface area contributed by atoms with E-state index in [1.807, 2.05) is 12.1 Å². The van der Waals surface area contributed by atoms with Crippen molar-refractivity contribution in [1.29, 1.82) is 0 Å². The number of carbonyl (C=O) groups excluding carboxylic acids is 1. The summed E-state index contributed by atoms with van der Waals surface area (Å²) in [5, 5.41) is 6.60. The minimum absolute atomic E-state index is 0. The van der Waals surface area contributed by atoms with E-state index < -0.39 is 5.91 Å². The Balaban J connectivity index is 0.00000320. The number of rotatable bonds is 7. The van der Waals surface area contributed by atoms with Gasteiger partial charge in [0, 0.05) is 32.2 Å². The van der Waals surface area contributed by atoms with Gasteiger partial charge in [-0.05, 0) is 54.8 Å². The fourth-order valence-electron chi connectivity index (χ4n) is 3.56. The van der Waals surface area contributed by atoms with Crippen LogP contribution in [0.15, 0.2) is 53.5 Å². The molecule has 0 unspecified atom stereocenters. The smallest absolute Gasteiger partial charge is 0.248 e. The SMILES string of the molecule is CN=C(NCc1ccc(CN2CCCCC2)cc1)NCc1cccc(C(N)=O)c1.I. The van der Waals surface area contributed by atoms with Crippen molar-refractivity contribution in [2.24, 2.45) is 10.7 Å². The van der Waals surface area contributed by atoms with Crippen LogP contribution in [0.1, 0.15) is 46.3 Å². The summed E-state index contributed by atoms with van der Waals surface area (Å²) in [4.78, 5) is 18.1. The lowest BCUT2D eigenvalue weighted by molar-refractivity contribution is 0.1000. The van der Waals surface area contributed by atoms with Gasteiger partial charge in [-0.25, -0.2) is 0 Å². The summed E-state index contributed by atoms with van der Waals surface area (Å²) in [6, 6.07) is 16.1. The molecule has 1 aliphatic rings. The molecule has 2 aromatic rings. The number of halogens is 1. The van der Waals surface area contributed by atoms with Gasteiger partial charge in [0.1, 0.15) is 0 Å². The Labute approximate surface area is 196 Å². The quantitative estimate of drug-likeness (QED) is 0.297. The maximum Gasteiger partial charge on any atom is 0.248 e. The van der Waals surface area contributed by atoms with E-state index in [2.05, 4.69) is 44.8 Å². The lowest BCUT2D eigenvalue weighted by atomic mass is 10.1. The molecule has 0 aromatic heterocycles. The summed E-state index contributed by atoms with van der Waals surface area (Å²) in [5.74, 6) is 0.296. The first kappa shape index (κ1) is 24.1. The second-order valence-electron chi connectivity index (χ2n) is 7.50. The van der Waals surface area contributed by atoms with Gasteiger partial charge >= 0.3 is 0 Å². The van der Waals surface area contributed by atoms with E-state index in [4.69, 9.17) is 5.73 Å². The molecule has 1 amide bonds. The van der Waals surface area contributed by atoms with Gasteiger partial charge in [-0.3, -0.25) is 14.7 Å². The van der Waals surface area contributed by atoms with Crippen LogP contribution in [0.5, 0.6) is 0 Å². The maximum atomic E-state index is 11.3. The van der Waals surface area contributed by atoms with Gasteiger partial charge in [0.05, 0.1) is 0 Å². The molecule has 1 heterocycles. The van der Waals surface area contributed by atoms with Crippen molar-refractivity contribution in [3.05, 3.63) is 70.8 Å². The van der Waals surface area contributed by atoms with E-state index in [0.717, 1.165) is 12.1 Å². The molecular weight excluding hydrogens is 489 g/mol. The molecule has 7 heteroatoms. The molecule has 0 bridgehead atoms. The third-order valence-corrected chi connectivity index (χ3v) is 5.23. The predicted molar refractivity (Wildman–Crippen MR) is 133 cm³/mol. The predicted octanol–water partition coefficient (Wildman–Crippen LogP) is 3.25. The second kappa shape index (κ2) is 12.5. The van der Waals surface area contributed by atoms with Crippen LogP contribution in [0.3, 0.4) is 0 Å². The van der Waals surface area contributed by atoms with Crippen molar-refractivity contribution >= 4 is 35.8 Å². The van der Waals surface area contributed by atoms with Crippen molar-refractivity contribution in [3.63, 3.8) is 0 Å². The monoisotopic (exact) mass is 521 g/mol. The normalized spacial score (nSPS) is 14.6. The van der Waals surface area contributed by atoms with Crippen LogP contribution in [0, 0.1) is 0 Å². The Hall–Kier alpha value is -2.13. The van der Waals surface area contributed by atoms with Gasteiger partial charge in [0.2, 0.25) is 5.91 Å². The average Bonchev–Trinajstić information content (AvgIpc) is 2.76. The largest absolute Gasteiger partial charge is 0.366 e. The number of hydrogen-bond donors (Lipinski definition) is 3. The van der Waals surface area contributed by atoms with Crippen LogP contribution < -0.4 is 16.4 Å². The number of nitrogens with one attached hydrogen (secondary N) is 2. The summed E-state index contributed by atoms with van der Waals surface area (Å²) in [6.45, 7) is 4.74. The third kappa shape index (κ3) is 7.60. The second-order valence-corrected chi connectivity index (χ2v) is 7.50. The zero-order valence-electron chi connectivity index (χ0n) is 17.6. The molecule has 0 atom stereocenters. The number of benzene rings is 2. The van der Waals surface area contributed by atoms with Crippen LogP contribution in [-0.4, -0.2) is 36.9 Å². The van der Waals surface area contributed by atoms with Gasteiger partial charge in [-0.1, -0.05) is 42.8 Å². The molecule has 1 fully saturated rings. The zero-order valence-corrected chi connectivity index (χ0v) is 19.9. The molecular formula is C23H32IN5O. The van der Waals surface area contributed by atoms with Crippen LogP contribution in [0.4, 0.5) is 0 Å². The fourth-order valence-corrected chi connectivity index (χ4v) is 3.56. The number of nitrogens with two attached hydrogens (primary N) is 1. The first-order valence-electron chi connectivity index (χ1n) is 10.3. The maximum absolute atomic E-state index is 11.3. The van der Waals surface area contributed by atoms with Gasteiger partial charge in [-0.15, -0.1) is 24.0 Å². The van der Waals surface area contributed by atoms with Crippen LogP contribution in [0.25, 0.3) is 0 Å². The van der Waals surface area contributed by atoms with E-state index in [1.54, 1.807) is 19.2 Å². The van der Waals surface area contributed by atoms with Gasteiger partial charge in [-0.2, -0.15) is 0 Å². The molecule has 3 rings (SSSR count). The standard InChI is InChI=1S/C23H31N5O.HI/c1-25-23(27-16-20-6-5-7-21(14-20)22(24)29)26-15-18-8-10-19(11-9-18)17-28-12-3-2-4-13-28;/h5-11,14H,2-4,12-13,15-17H2,1H3,(H2,24,29)(H2,25,26,27);1H. The summed E-state index contributed by atoms with van der Waals surface area (Å²) < 4.78 is 0. The van der Waals surface area contributed by atoms with E-state index in [9.17, 15) is 4.79 Å². The number of guanidine groups is 1. The minimum atomic E-state index is -0.418. The highest BCUT2D eigenvalue weighted by molar-refractivity contribution is 14.0. The molecule has 1 aliphatic heterocycles. The van der Waals surface area contributed by atoms with E-state index in [0.29, 0.717) is 24.6 Å². The number of piperidine rings is 1. The number of hydrogen-bond acceptors (Lipinski definition) is 3. The number of carbonyl (C=O) groups is 1. The Bertz CT molecular complexity index is 832. The lowest BCUT2D eigenvalue weighted by Gasteiger charge is -2.26. The molecule has 0 saturated carbocycles. The summed E-state index contributed by atoms with van der Waals surface area (Å²) in [7, 11) is 1.75. The third-order valence-electron chi connectivity index (χ3n) is 5.23. The molecule has 162 valence electrons. The molecule has 6 nitrogen and oxygen atoms in total. The molecule has 30 heavy (non-hydrogen) atoms. The minimum Gasteiger partial charge on any atom is -0.366 e. The van der Waals surface area contributed by atoms with Crippen LogP contribution in [-0.2, 0) is 19.6 Å². The number of primary amides is 1. The van der Waals surface area contributed by atoms with Gasteiger partial charge in [0.15, 0.2) is 5.96 Å². The number of nitrogens with zero attached hydrogens (tertiary/aromatic N) is 2. The summed E-state index contributed by atoms with van der Waals surface area (Å²) in [5.41, 5.74) is 9.41. The van der Waals surface area contributed by atoms with Crippen molar-refractivity contribution in [2.45, 2.75) is 38.9 Å². The van der Waals surface area contributed by atoms with Crippen molar-refractivity contribution in [1.82, 2.24) is 15.5 Å². The Kier molecular flexibility index (Phi) is 10.1. The highest BCUT2D eigenvalue weighted by Crippen LogP contribution is 2.13. The number of likely N-dealkylation sites (tertiary alicyclic amines) is 1. The number of amides is 1. The Morgan fingerprint density at radius 1 is 0.967 bits per heavy atom. The van der Waals surface area contributed by atoms with Crippen LogP contribution in [0.2, 0.25) is 0 Å². The molecule has 2 aromatic carbocycles. The van der Waals surface area contributed by atoms with Gasteiger partial charge < -0.3 is 16.4 Å². The Morgan fingerprint density at radius 2 is 1.60 bits per heavy atom. The van der Waals surface area contributed by atoms with Gasteiger partial charge in [0.25, 0.3) is 0 Å². The lowest BCUT2D eigenvalue weighted by Crippen LogP contribution is -2.36. The highest BCUT2D eigenvalue weighted by Gasteiger charge is 2.10. The molecule has 4 N–H and O–H groups in total. The van der Waals surface area contributed by atoms with E-state index in [-0.39, 0.29) is 24.0 Å². The van der Waals surface area contributed by atoms with E-state index >= 15 is 0 Å². The zero-order chi connectivity index (χ0) is 20.5. The molecule has 1 saturated heterocycles. The Morgan fingerprint density at radius 3 is 2.23 bits per heavy atom. The molecule has 0 spiro atoms. The average molecular weight is 521 g/mol. The van der Waals surface area contributed by atoms with Crippen molar-refractivity contribution < 1.29 is 4.79 Å². The van der Waals surface area contributed by atoms with E-state index in [1.165, 1.54) is 43.5 Å². The molecule has 0 aliphatic carbocycles. The first-order valence-corrected chi connectivity index (χ1v) is 10.3. The highest BCUT2D eigenvalue weighted by atomic mass is 127. The summed E-state index contributed by atoms with van der Waals surface area (Å²) >= 11 is 0. The topological polar surface area (TPSA) is 82.8 Å². The summed E-state index contributed by atoms with van der Waals surface area (Å²) in [6.07, 6.45) is 4.01.